The molecule has 0 amide bonds. The second kappa shape index (κ2) is 3.37. The molecule has 0 radical (unpaired) electrons. The van der Waals surface area contributed by atoms with Crippen LogP contribution in [0.2, 0.25) is 0 Å². The Morgan fingerprint density at radius 2 is 2.00 bits per heavy atom. The van der Waals surface area contributed by atoms with Crippen molar-refractivity contribution in [2.24, 2.45) is 0 Å². The van der Waals surface area contributed by atoms with Crippen LogP contribution in [0.1, 0.15) is 25.3 Å². The van der Waals surface area contributed by atoms with Crippen LogP contribution in [0.3, 0.4) is 0 Å². The molecule has 0 N–H and O–H groups in total. The maximum absolute atomic E-state index is 13.9. The van der Waals surface area contributed by atoms with Crippen molar-refractivity contribution >= 4 is 10.8 Å². The maximum Gasteiger partial charge on any atom is 0.136 e. The molecule has 1 heterocycles. The van der Waals surface area contributed by atoms with Crippen molar-refractivity contribution in [3.8, 4) is 0 Å². The first-order valence-electron chi connectivity index (χ1n) is 4.72. The maximum atomic E-state index is 13.9. The summed E-state index contributed by atoms with van der Waals surface area (Å²) in [5, 5.41) is 1.51. The Hall–Kier alpha value is -1.44. The van der Waals surface area contributed by atoms with Crippen molar-refractivity contribution < 1.29 is 4.39 Å². The summed E-state index contributed by atoms with van der Waals surface area (Å²) in [6, 6.07) is 5.61. The van der Waals surface area contributed by atoms with Crippen LogP contribution >= 0.6 is 0 Å². The lowest BCUT2D eigenvalue weighted by atomic mass is 9.99. The minimum atomic E-state index is -0.134. The number of hydrogen-bond donors (Lipinski definition) is 0. The van der Waals surface area contributed by atoms with Crippen molar-refractivity contribution in [3.63, 3.8) is 0 Å². The van der Waals surface area contributed by atoms with Crippen molar-refractivity contribution in [2.45, 2.75) is 19.8 Å². The average molecular weight is 189 g/mol. The van der Waals surface area contributed by atoms with Gasteiger partial charge in [-0.15, -0.1) is 0 Å². The number of halogens is 1. The summed E-state index contributed by atoms with van der Waals surface area (Å²) in [5.41, 5.74) is 0.755. The fraction of sp³-hybridized carbons (Fsp3) is 0.250. The molecule has 0 bridgehead atoms. The van der Waals surface area contributed by atoms with Crippen molar-refractivity contribution in [1.82, 2.24) is 4.98 Å². The molecule has 2 rings (SSSR count). The highest BCUT2D eigenvalue weighted by Crippen LogP contribution is 2.25. The van der Waals surface area contributed by atoms with E-state index in [1.165, 1.54) is 0 Å². The van der Waals surface area contributed by atoms with Gasteiger partial charge >= 0.3 is 0 Å². The summed E-state index contributed by atoms with van der Waals surface area (Å²) < 4.78 is 13.9. The van der Waals surface area contributed by atoms with E-state index in [4.69, 9.17) is 0 Å². The van der Waals surface area contributed by atoms with Gasteiger partial charge in [-0.3, -0.25) is 4.98 Å². The summed E-state index contributed by atoms with van der Waals surface area (Å²) in [5.74, 6) is 0.0743. The van der Waals surface area contributed by atoms with Gasteiger partial charge in [0.1, 0.15) is 5.82 Å². The zero-order chi connectivity index (χ0) is 10.1. The molecule has 72 valence electrons. The largest absolute Gasteiger partial charge is 0.264 e. The van der Waals surface area contributed by atoms with Gasteiger partial charge < -0.3 is 0 Å². The fourth-order valence-electron chi connectivity index (χ4n) is 1.59. The summed E-state index contributed by atoms with van der Waals surface area (Å²) in [6.07, 6.45) is 3.26. The van der Waals surface area contributed by atoms with E-state index >= 15 is 0 Å². The van der Waals surface area contributed by atoms with E-state index in [0.717, 1.165) is 10.9 Å². The first-order valence-corrected chi connectivity index (χ1v) is 4.72. The number of pyridine rings is 1. The van der Waals surface area contributed by atoms with E-state index in [2.05, 4.69) is 4.98 Å². The predicted octanol–water partition coefficient (Wildman–Crippen LogP) is 3.50. The van der Waals surface area contributed by atoms with Gasteiger partial charge in [-0.2, -0.15) is 0 Å². The molecular formula is C12H12FN. The van der Waals surface area contributed by atoms with Gasteiger partial charge in [-0.25, -0.2) is 4.39 Å². The van der Waals surface area contributed by atoms with Gasteiger partial charge in [0.15, 0.2) is 0 Å². The summed E-state index contributed by atoms with van der Waals surface area (Å²) in [6.45, 7) is 3.97. The predicted molar refractivity (Wildman–Crippen MR) is 55.8 cm³/mol. The summed E-state index contributed by atoms with van der Waals surface area (Å²) in [4.78, 5) is 3.93. The molecule has 0 unspecified atom stereocenters. The zero-order valence-electron chi connectivity index (χ0n) is 8.29. The number of nitrogens with zero attached hydrogens (tertiary/aromatic N) is 1. The van der Waals surface area contributed by atoms with Crippen LogP contribution in [0.25, 0.3) is 10.8 Å². The molecule has 14 heavy (non-hydrogen) atoms. The SMILES string of the molecule is CC(C)c1ccc2ccncc2c1F. The molecule has 0 saturated heterocycles. The standard InChI is InChI=1S/C12H12FN/c1-8(2)10-4-3-9-5-6-14-7-11(9)12(10)13/h3-8H,1-2H3. The highest BCUT2D eigenvalue weighted by Gasteiger charge is 2.09. The molecule has 0 aliphatic heterocycles. The first kappa shape index (κ1) is 9.13. The third-order valence-corrected chi connectivity index (χ3v) is 2.41. The smallest absolute Gasteiger partial charge is 0.136 e. The van der Waals surface area contributed by atoms with E-state index in [1.807, 2.05) is 32.0 Å². The molecule has 0 aliphatic carbocycles. The molecule has 1 nitrogen and oxygen atoms in total. The fourth-order valence-corrected chi connectivity index (χ4v) is 1.59. The second-order valence-electron chi connectivity index (χ2n) is 3.72. The van der Waals surface area contributed by atoms with Gasteiger partial charge in [0.05, 0.1) is 0 Å². The highest BCUT2D eigenvalue weighted by atomic mass is 19.1. The van der Waals surface area contributed by atoms with Crippen molar-refractivity contribution in [1.29, 1.82) is 0 Å². The van der Waals surface area contributed by atoms with Crippen LogP contribution in [0, 0.1) is 5.82 Å². The van der Waals surface area contributed by atoms with Crippen LogP contribution < -0.4 is 0 Å². The number of hydrogen-bond acceptors (Lipinski definition) is 1. The Balaban J connectivity index is 2.75. The normalized spacial score (nSPS) is 11.1. The van der Waals surface area contributed by atoms with Crippen LogP contribution in [-0.2, 0) is 0 Å². The van der Waals surface area contributed by atoms with Gasteiger partial charge in [0.25, 0.3) is 0 Å². The minimum Gasteiger partial charge on any atom is -0.264 e. The molecule has 2 heteroatoms. The van der Waals surface area contributed by atoms with Gasteiger partial charge in [0, 0.05) is 17.8 Å². The second-order valence-corrected chi connectivity index (χ2v) is 3.72. The molecule has 0 atom stereocenters. The Labute approximate surface area is 82.6 Å². The van der Waals surface area contributed by atoms with Crippen molar-refractivity contribution in [3.05, 3.63) is 42.0 Å². The molecule has 2 aromatic rings. The lowest BCUT2D eigenvalue weighted by Crippen LogP contribution is -1.94. The third-order valence-electron chi connectivity index (χ3n) is 2.41. The molecule has 0 fully saturated rings. The Bertz CT molecular complexity index is 463. The van der Waals surface area contributed by atoms with E-state index in [9.17, 15) is 4.39 Å². The topological polar surface area (TPSA) is 12.9 Å². The number of rotatable bonds is 1. The number of benzene rings is 1. The van der Waals surface area contributed by atoms with Gasteiger partial charge in [-0.05, 0) is 22.9 Å². The van der Waals surface area contributed by atoms with E-state index in [1.54, 1.807) is 12.4 Å². The lowest BCUT2D eigenvalue weighted by molar-refractivity contribution is 0.609. The molecule has 1 aromatic heterocycles. The molecule has 0 spiro atoms. The number of fused-ring (bicyclic) bond motifs is 1. The monoisotopic (exact) mass is 189 g/mol. The molecule has 0 saturated carbocycles. The molecule has 1 aromatic carbocycles. The number of aromatic nitrogens is 1. The van der Waals surface area contributed by atoms with Crippen LogP contribution in [0.5, 0.6) is 0 Å². The van der Waals surface area contributed by atoms with Crippen LogP contribution in [-0.4, -0.2) is 4.98 Å². The van der Waals surface area contributed by atoms with E-state index in [0.29, 0.717) is 5.39 Å². The summed E-state index contributed by atoms with van der Waals surface area (Å²) >= 11 is 0. The van der Waals surface area contributed by atoms with Crippen LogP contribution in [0.15, 0.2) is 30.6 Å². The summed E-state index contributed by atoms with van der Waals surface area (Å²) in [7, 11) is 0. The van der Waals surface area contributed by atoms with Gasteiger partial charge in [0.2, 0.25) is 0 Å². The van der Waals surface area contributed by atoms with Crippen LogP contribution in [0.4, 0.5) is 4.39 Å². The average Bonchev–Trinajstić information content (AvgIpc) is 2.18. The Morgan fingerprint density at radius 1 is 1.21 bits per heavy atom. The minimum absolute atomic E-state index is 0.134. The van der Waals surface area contributed by atoms with E-state index < -0.39 is 0 Å². The third kappa shape index (κ3) is 1.37. The van der Waals surface area contributed by atoms with Crippen molar-refractivity contribution in [2.75, 3.05) is 0 Å². The van der Waals surface area contributed by atoms with Gasteiger partial charge in [-0.1, -0.05) is 26.0 Å². The Kier molecular flexibility index (Phi) is 2.20. The first-order chi connectivity index (χ1) is 6.70. The molecule has 0 aliphatic rings. The molecular weight excluding hydrogens is 177 g/mol. The Morgan fingerprint density at radius 3 is 2.71 bits per heavy atom. The highest BCUT2D eigenvalue weighted by molar-refractivity contribution is 5.82. The van der Waals surface area contributed by atoms with E-state index in [-0.39, 0.29) is 11.7 Å². The quantitative estimate of drug-likeness (QED) is 0.669. The lowest BCUT2D eigenvalue weighted by Gasteiger charge is -2.08. The zero-order valence-corrected chi connectivity index (χ0v) is 8.29.